The smallest absolute Gasteiger partial charge is 0.266 e. The minimum Gasteiger partial charge on any atom is -0.266 e. The lowest BCUT2D eigenvalue weighted by atomic mass is 10.2. The van der Waals surface area contributed by atoms with Crippen LogP contribution in [0.3, 0.4) is 0 Å². The highest BCUT2D eigenvalue weighted by atomic mass is 32.2. The van der Waals surface area contributed by atoms with Crippen molar-refractivity contribution in [2.24, 2.45) is 0 Å². The van der Waals surface area contributed by atoms with Crippen molar-refractivity contribution in [2.45, 2.75) is 31.3 Å². The van der Waals surface area contributed by atoms with Crippen molar-refractivity contribution >= 4 is 23.4 Å². The van der Waals surface area contributed by atoms with E-state index in [1.165, 1.54) is 5.19 Å². The molecule has 0 saturated heterocycles. The van der Waals surface area contributed by atoms with Gasteiger partial charge in [-0.15, -0.1) is 0 Å². The van der Waals surface area contributed by atoms with Crippen LogP contribution in [0, 0.1) is 6.92 Å². The summed E-state index contributed by atoms with van der Waals surface area (Å²) in [6.07, 6.45) is 2.61. The first kappa shape index (κ1) is 18.6. The Morgan fingerprint density at radius 2 is 1.62 bits per heavy atom. The molecule has 0 aliphatic rings. The van der Waals surface area contributed by atoms with Crippen LogP contribution in [0.2, 0.25) is 13.1 Å². The Balaban J connectivity index is 1.89. The maximum absolute atomic E-state index is 12.1. The van der Waals surface area contributed by atoms with Crippen molar-refractivity contribution in [1.82, 2.24) is 0 Å². The summed E-state index contributed by atoms with van der Waals surface area (Å²) < 4.78 is 29.3. The van der Waals surface area contributed by atoms with Gasteiger partial charge in [-0.05, 0) is 25.5 Å². The third-order valence-corrected chi connectivity index (χ3v) is 8.10. The number of hydrogen-bond donors (Lipinski definition) is 0. The van der Waals surface area contributed by atoms with Crippen molar-refractivity contribution in [3.8, 4) is 0 Å². The zero-order valence-electron chi connectivity index (χ0n) is 14.4. The molecule has 0 heterocycles. The molecule has 3 nitrogen and oxygen atoms in total. The van der Waals surface area contributed by atoms with Crippen LogP contribution in [0.5, 0.6) is 0 Å². The molecule has 0 N–H and O–H groups in total. The van der Waals surface area contributed by atoms with Crippen molar-refractivity contribution in [2.75, 3.05) is 6.61 Å². The summed E-state index contributed by atoms with van der Waals surface area (Å²) in [5.41, 5.74) is 3.24. The second-order valence-corrected chi connectivity index (χ2v) is 12.3. The predicted octanol–water partition coefficient (Wildman–Crippen LogP) is 3.80. The Kier molecular flexibility index (Phi) is 6.15. The van der Waals surface area contributed by atoms with Gasteiger partial charge >= 0.3 is 0 Å². The molecular formula is C19H24O3SSi. The minimum atomic E-state index is -3.67. The van der Waals surface area contributed by atoms with Gasteiger partial charge in [-0.3, -0.25) is 4.18 Å². The highest BCUT2D eigenvalue weighted by Crippen LogP contribution is 2.13. The van der Waals surface area contributed by atoms with E-state index >= 15 is 0 Å². The zero-order chi connectivity index (χ0) is 17.6. The average molecular weight is 361 g/mol. The van der Waals surface area contributed by atoms with Gasteiger partial charge < -0.3 is 0 Å². The third kappa shape index (κ3) is 5.16. The molecule has 0 radical (unpaired) electrons. The third-order valence-electron chi connectivity index (χ3n) is 3.88. The van der Waals surface area contributed by atoms with E-state index in [1.54, 1.807) is 24.3 Å². The van der Waals surface area contributed by atoms with Gasteiger partial charge in [0.15, 0.2) is 0 Å². The normalized spacial score (nSPS) is 12.6. The number of hydrogen-bond acceptors (Lipinski definition) is 3. The van der Waals surface area contributed by atoms with Gasteiger partial charge in [0.2, 0.25) is 0 Å². The van der Waals surface area contributed by atoms with Crippen LogP contribution in [0.15, 0.2) is 71.3 Å². The van der Waals surface area contributed by atoms with E-state index in [-0.39, 0.29) is 11.5 Å². The molecule has 0 unspecified atom stereocenters. The van der Waals surface area contributed by atoms with Gasteiger partial charge in [0, 0.05) is 0 Å². The van der Waals surface area contributed by atoms with Gasteiger partial charge in [-0.2, -0.15) is 8.42 Å². The standard InChI is InChI=1S/C19H24O3SSi/c1-17-11-13-18(14-12-17)23(20,21)22-15-7-8-16-24(2,3)19-9-5-4-6-10-19/h4-6,8-14,16H,7,15H2,1-3H3/b16-8+. The summed E-state index contributed by atoms with van der Waals surface area (Å²) in [7, 11) is -5.30. The van der Waals surface area contributed by atoms with Gasteiger partial charge in [0.05, 0.1) is 11.5 Å². The molecule has 128 valence electrons. The molecule has 0 amide bonds. The van der Waals surface area contributed by atoms with E-state index in [0.717, 1.165) is 5.56 Å². The van der Waals surface area contributed by atoms with Gasteiger partial charge in [-0.25, -0.2) is 0 Å². The van der Waals surface area contributed by atoms with Crippen LogP contribution in [-0.2, 0) is 14.3 Å². The Morgan fingerprint density at radius 1 is 1.00 bits per heavy atom. The summed E-state index contributed by atoms with van der Waals surface area (Å²) in [5, 5.41) is 1.36. The van der Waals surface area contributed by atoms with Gasteiger partial charge in [-0.1, -0.05) is 78.1 Å². The lowest BCUT2D eigenvalue weighted by molar-refractivity contribution is 0.325. The van der Waals surface area contributed by atoms with E-state index in [1.807, 2.05) is 19.1 Å². The maximum Gasteiger partial charge on any atom is 0.296 e. The first-order valence-corrected chi connectivity index (χ1v) is 12.5. The zero-order valence-corrected chi connectivity index (χ0v) is 16.2. The molecule has 0 bridgehead atoms. The Morgan fingerprint density at radius 3 is 2.25 bits per heavy atom. The molecule has 0 aromatic heterocycles. The van der Waals surface area contributed by atoms with Crippen LogP contribution in [0.4, 0.5) is 0 Å². The van der Waals surface area contributed by atoms with Crippen molar-refractivity contribution < 1.29 is 12.6 Å². The van der Waals surface area contributed by atoms with Gasteiger partial charge in [0.25, 0.3) is 10.1 Å². The summed E-state index contributed by atoms with van der Waals surface area (Å²) >= 11 is 0. The number of aryl methyl sites for hydroxylation is 1. The fourth-order valence-corrected chi connectivity index (χ4v) is 5.26. The fourth-order valence-electron chi connectivity index (χ4n) is 2.34. The summed E-state index contributed by atoms with van der Waals surface area (Å²) in [4.78, 5) is 0.205. The molecule has 2 aromatic carbocycles. The second kappa shape index (κ2) is 7.92. The lowest BCUT2D eigenvalue weighted by Gasteiger charge is -2.18. The average Bonchev–Trinajstić information content (AvgIpc) is 2.55. The predicted molar refractivity (Wildman–Crippen MR) is 102 cm³/mol. The maximum atomic E-state index is 12.1. The first-order valence-electron chi connectivity index (χ1n) is 8.01. The summed E-state index contributed by atoms with van der Waals surface area (Å²) in [5.74, 6) is 0. The van der Waals surface area contributed by atoms with Crippen molar-refractivity contribution in [3.63, 3.8) is 0 Å². The number of benzene rings is 2. The van der Waals surface area contributed by atoms with E-state index in [0.29, 0.717) is 6.42 Å². The minimum absolute atomic E-state index is 0.159. The first-order chi connectivity index (χ1) is 11.3. The summed E-state index contributed by atoms with van der Waals surface area (Å²) in [6.45, 7) is 6.61. The summed E-state index contributed by atoms with van der Waals surface area (Å²) in [6, 6.07) is 17.1. The molecule has 2 rings (SSSR count). The Bertz CT molecular complexity index is 779. The molecule has 2 aromatic rings. The molecule has 0 aliphatic heterocycles. The fraction of sp³-hybridized carbons (Fsp3) is 0.263. The lowest BCUT2D eigenvalue weighted by Crippen LogP contribution is -2.39. The molecule has 0 aliphatic carbocycles. The second-order valence-electron chi connectivity index (χ2n) is 6.37. The topological polar surface area (TPSA) is 43.4 Å². The molecule has 0 saturated carbocycles. The molecular weight excluding hydrogens is 336 g/mol. The largest absolute Gasteiger partial charge is 0.296 e. The van der Waals surface area contributed by atoms with Crippen LogP contribution in [0.25, 0.3) is 0 Å². The van der Waals surface area contributed by atoms with E-state index in [9.17, 15) is 8.42 Å². The van der Waals surface area contributed by atoms with Crippen molar-refractivity contribution in [1.29, 1.82) is 0 Å². The quantitative estimate of drug-likeness (QED) is 0.428. The molecule has 24 heavy (non-hydrogen) atoms. The van der Waals surface area contributed by atoms with Crippen LogP contribution in [-0.4, -0.2) is 23.1 Å². The monoisotopic (exact) mass is 360 g/mol. The van der Waals surface area contributed by atoms with Gasteiger partial charge in [0.1, 0.15) is 8.07 Å². The molecule has 0 atom stereocenters. The Labute approximate surface area is 146 Å². The highest BCUT2D eigenvalue weighted by molar-refractivity contribution is 7.86. The van der Waals surface area contributed by atoms with Crippen molar-refractivity contribution in [3.05, 3.63) is 71.9 Å². The van der Waals surface area contributed by atoms with E-state index < -0.39 is 18.2 Å². The van der Waals surface area contributed by atoms with E-state index in [2.05, 4.69) is 43.1 Å². The highest BCUT2D eigenvalue weighted by Gasteiger charge is 2.19. The van der Waals surface area contributed by atoms with Crippen LogP contribution < -0.4 is 5.19 Å². The molecule has 5 heteroatoms. The molecule has 0 fully saturated rings. The molecule has 0 spiro atoms. The SMILES string of the molecule is Cc1ccc(S(=O)(=O)OCC/C=C/[Si](C)(C)c2ccccc2)cc1. The Hall–Kier alpha value is -1.69. The van der Waals surface area contributed by atoms with E-state index in [4.69, 9.17) is 4.18 Å². The number of rotatable bonds is 7. The van der Waals surface area contributed by atoms with Crippen LogP contribution >= 0.6 is 0 Å². The van der Waals surface area contributed by atoms with Crippen LogP contribution in [0.1, 0.15) is 12.0 Å².